The molecule has 1 fully saturated rings. The van der Waals surface area contributed by atoms with E-state index in [2.05, 4.69) is 15.6 Å². The quantitative estimate of drug-likeness (QED) is 0.480. The van der Waals surface area contributed by atoms with Crippen LogP contribution in [-0.2, 0) is 4.79 Å². The molecule has 0 saturated heterocycles. The molecule has 0 unspecified atom stereocenters. The summed E-state index contributed by atoms with van der Waals surface area (Å²) >= 11 is 0. The first-order valence-corrected chi connectivity index (χ1v) is 7.40. The fraction of sp³-hybridized carbons (Fsp3) is 0.857. The standard InChI is InChI=1S/C14H28N4O2/c1-4-15-13(16-9-10-19)17-11-14(7-5-6-8-14)12(20)18(2)3/h19H,4-11H2,1-3H3,(H2,15,16,17). The Balaban J connectivity index is 2.75. The number of hydrogen-bond acceptors (Lipinski definition) is 3. The van der Waals surface area contributed by atoms with Gasteiger partial charge in [0.2, 0.25) is 5.91 Å². The lowest BCUT2D eigenvalue weighted by molar-refractivity contribution is -0.138. The van der Waals surface area contributed by atoms with Crippen molar-refractivity contribution in [1.82, 2.24) is 15.5 Å². The second kappa shape index (κ2) is 8.09. The maximum atomic E-state index is 12.4. The van der Waals surface area contributed by atoms with Gasteiger partial charge in [0.05, 0.1) is 18.6 Å². The van der Waals surface area contributed by atoms with E-state index in [9.17, 15) is 4.79 Å². The Morgan fingerprint density at radius 1 is 1.30 bits per heavy atom. The fourth-order valence-electron chi connectivity index (χ4n) is 2.71. The number of carbonyl (C=O) groups is 1. The fourth-order valence-corrected chi connectivity index (χ4v) is 2.71. The topological polar surface area (TPSA) is 77.0 Å². The first kappa shape index (κ1) is 16.8. The first-order chi connectivity index (χ1) is 9.55. The van der Waals surface area contributed by atoms with Crippen LogP contribution >= 0.6 is 0 Å². The monoisotopic (exact) mass is 284 g/mol. The number of carbonyl (C=O) groups excluding carboxylic acids is 1. The molecular formula is C14H28N4O2. The lowest BCUT2D eigenvalue weighted by Gasteiger charge is -2.29. The van der Waals surface area contributed by atoms with Gasteiger partial charge >= 0.3 is 0 Å². The molecule has 1 aliphatic carbocycles. The van der Waals surface area contributed by atoms with Crippen LogP contribution in [0.3, 0.4) is 0 Å². The van der Waals surface area contributed by atoms with E-state index in [0.717, 1.165) is 32.2 Å². The Bertz CT molecular complexity index is 336. The Morgan fingerprint density at radius 3 is 2.45 bits per heavy atom. The predicted molar refractivity (Wildman–Crippen MR) is 80.7 cm³/mol. The van der Waals surface area contributed by atoms with Gasteiger partial charge in [0.25, 0.3) is 0 Å². The van der Waals surface area contributed by atoms with E-state index >= 15 is 0 Å². The summed E-state index contributed by atoms with van der Waals surface area (Å²) in [6.45, 7) is 3.77. The largest absolute Gasteiger partial charge is 0.395 e. The highest BCUT2D eigenvalue weighted by molar-refractivity contribution is 5.84. The van der Waals surface area contributed by atoms with Gasteiger partial charge in [-0.05, 0) is 19.8 Å². The molecule has 116 valence electrons. The average molecular weight is 284 g/mol. The molecule has 0 aromatic heterocycles. The zero-order valence-electron chi connectivity index (χ0n) is 12.9. The molecule has 0 aromatic rings. The van der Waals surface area contributed by atoms with Gasteiger partial charge in [-0.25, -0.2) is 0 Å². The number of nitrogens with zero attached hydrogens (tertiary/aromatic N) is 2. The third-order valence-corrected chi connectivity index (χ3v) is 3.71. The third-order valence-electron chi connectivity index (χ3n) is 3.71. The minimum absolute atomic E-state index is 0.0617. The number of aliphatic hydroxyl groups excluding tert-OH is 1. The van der Waals surface area contributed by atoms with Crippen LogP contribution in [0.15, 0.2) is 4.99 Å². The molecule has 0 aromatic carbocycles. The van der Waals surface area contributed by atoms with E-state index in [1.54, 1.807) is 19.0 Å². The lowest BCUT2D eigenvalue weighted by atomic mass is 9.85. The SMILES string of the molecule is CCNC(=NCC1(C(=O)N(C)C)CCCC1)NCCO. The van der Waals surface area contributed by atoms with E-state index in [4.69, 9.17) is 5.11 Å². The van der Waals surface area contributed by atoms with Crippen LogP contribution in [0.5, 0.6) is 0 Å². The molecule has 6 nitrogen and oxygen atoms in total. The maximum absolute atomic E-state index is 12.4. The van der Waals surface area contributed by atoms with Gasteiger partial charge in [-0.3, -0.25) is 9.79 Å². The van der Waals surface area contributed by atoms with Crippen molar-refractivity contribution in [2.24, 2.45) is 10.4 Å². The summed E-state index contributed by atoms with van der Waals surface area (Å²) in [5, 5.41) is 15.0. The number of hydrogen-bond donors (Lipinski definition) is 3. The summed E-state index contributed by atoms with van der Waals surface area (Å²) < 4.78 is 0. The minimum atomic E-state index is -0.342. The van der Waals surface area contributed by atoms with E-state index < -0.39 is 0 Å². The molecule has 6 heteroatoms. The summed E-state index contributed by atoms with van der Waals surface area (Å²) in [6, 6.07) is 0. The van der Waals surface area contributed by atoms with Crippen molar-refractivity contribution < 1.29 is 9.90 Å². The zero-order valence-corrected chi connectivity index (χ0v) is 12.9. The Morgan fingerprint density at radius 2 is 1.95 bits per heavy atom. The summed E-state index contributed by atoms with van der Waals surface area (Å²) in [6.07, 6.45) is 4.01. The number of nitrogens with one attached hydrogen (secondary N) is 2. The minimum Gasteiger partial charge on any atom is -0.395 e. The highest BCUT2D eigenvalue weighted by Crippen LogP contribution is 2.39. The molecule has 0 atom stereocenters. The predicted octanol–water partition coefficient (Wildman–Crippen LogP) is 0.182. The normalized spacial score (nSPS) is 17.9. The van der Waals surface area contributed by atoms with Gasteiger partial charge in [0.15, 0.2) is 5.96 Å². The van der Waals surface area contributed by atoms with Crippen LogP contribution in [0.2, 0.25) is 0 Å². The molecule has 1 rings (SSSR count). The van der Waals surface area contributed by atoms with E-state index in [1.807, 2.05) is 6.92 Å². The van der Waals surface area contributed by atoms with Crippen molar-refractivity contribution in [3.8, 4) is 0 Å². The van der Waals surface area contributed by atoms with Gasteiger partial charge in [-0.15, -0.1) is 0 Å². The van der Waals surface area contributed by atoms with Crippen molar-refractivity contribution >= 4 is 11.9 Å². The Labute approximate surface area is 121 Å². The second-order valence-electron chi connectivity index (χ2n) is 5.53. The molecule has 0 spiro atoms. The number of guanidine groups is 1. The highest BCUT2D eigenvalue weighted by Gasteiger charge is 2.41. The van der Waals surface area contributed by atoms with Crippen molar-refractivity contribution in [2.75, 3.05) is 40.3 Å². The molecule has 0 heterocycles. The first-order valence-electron chi connectivity index (χ1n) is 7.40. The van der Waals surface area contributed by atoms with Crippen molar-refractivity contribution in [2.45, 2.75) is 32.6 Å². The van der Waals surface area contributed by atoms with Gasteiger partial charge in [0, 0.05) is 27.2 Å². The van der Waals surface area contributed by atoms with Gasteiger partial charge in [0.1, 0.15) is 0 Å². The van der Waals surface area contributed by atoms with Crippen molar-refractivity contribution in [3.63, 3.8) is 0 Å². The van der Waals surface area contributed by atoms with Crippen LogP contribution < -0.4 is 10.6 Å². The number of rotatable bonds is 6. The smallest absolute Gasteiger partial charge is 0.230 e. The number of amides is 1. The summed E-state index contributed by atoms with van der Waals surface area (Å²) in [5.74, 6) is 0.844. The van der Waals surface area contributed by atoms with E-state index in [0.29, 0.717) is 19.0 Å². The molecular weight excluding hydrogens is 256 g/mol. The van der Waals surface area contributed by atoms with Gasteiger partial charge in [-0.2, -0.15) is 0 Å². The van der Waals surface area contributed by atoms with Crippen molar-refractivity contribution in [3.05, 3.63) is 0 Å². The molecule has 20 heavy (non-hydrogen) atoms. The van der Waals surface area contributed by atoms with Crippen LogP contribution in [0.25, 0.3) is 0 Å². The molecule has 0 aliphatic heterocycles. The molecule has 3 N–H and O–H groups in total. The maximum Gasteiger partial charge on any atom is 0.230 e. The number of aliphatic hydroxyl groups is 1. The van der Waals surface area contributed by atoms with Gasteiger partial charge in [-0.1, -0.05) is 12.8 Å². The second-order valence-corrected chi connectivity index (χ2v) is 5.53. The lowest BCUT2D eigenvalue weighted by Crippen LogP contribution is -2.43. The van der Waals surface area contributed by atoms with Gasteiger partial charge < -0.3 is 20.6 Å². The van der Waals surface area contributed by atoms with Crippen LogP contribution in [0.4, 0.5) is 0 Å². The summed E-state index contributed by atoms with van der Waals surface area (Å²) in [5.41, 5.74) is -0.342. The van der Waals surface area contributed by atoms with E-state index in [-0.39, 0.29) is 17.9 Å². The van der Waals surface area contributed by atoms with Crippen LogP contribution in [0.1, 0.15) is 32.6 Å². The van der Waals surface area contributed by atoms with Crippen LogP contribution in [0, 0.1) is 5.41 Å². The van der Waals surface area contributed by atoms with Crippen molar-refractivity contribution in [1.29, 1.82) is 0 Å². The zero-order chi connectivity index (χ0) is 15.0. The van der Waals surface area contributed by atoms with E-state index in [1.165, 1.54) is 0 Å². The average Bonchev–Trinajstić information content (AvgIpc) is 2.91. The molecule has 0 radical (unpaired) electrons. The summed E-state index contributed by atoms with van der Waals surface area (Å²) in [7, 11) is 3.61. The number of aliphatic imine (C=N–C) groups is 1. The Hall–Kier alpha value is -1.30. The molecule has 0 bridgehead atoms. The molecule has 1 aliphatic rings. The molecule has 1 amide bonds. The van der Waals surface area contributed by atoms with Crippen LogP contribution in [-0.4, -0.2) is 62.2 Å². The highest BCUT2D eigenvalue weighted by atomic mass is 16.3. The molecule has 1 saturated carbocycles. The third kappa shape index (κ3) is 4.37. The Kier molecular flexibility index (Phi) is 6.78. The summed E-state index contributed by atoms with van der Waals surface area (Å²) in [4.78, 5) is 18.6.